The van der Waals surface area contributed by atoms with E-state index in [0.29, 0.717) is 25.2 Å². The summed E-state index contributed by atoms with van der Waals surface area (Å²) in [6.45, 7) is 5.07. The van der Waals surface area contributed by atoms with Gasteiger partial charge >= 0.3 is 18.3 Å². The lowest BCUT2D eigenvalue weighted by molar-refractivity contribution is -0.143. The number of halogens is 6. The van der Waals surface area contributed by atoms with E-state index in [4.69, 9.17) is 4.74 Å². The van der Waals surface area contributed by atoms with Crippen molar-refractivity contribution in [1.82, 2.24) is 4.90 Å². The normalized spacial score (nSPS) is 27.0. The van der Waals surface area contributed by atoms with E-state index in [1.165, 1.54) is 0 Å². The fourth-order valence-electron chi connectivity index (χ4n) is 9.07. The first kappa shape index (κ1) is 34.1. The number of ether oxygens (including phenoxy) is 1. The Morgan fingerprint density at radius 2 is 1.60 bits per heavy atom. The maximum atomic E-state index is 14.4. The molecule has 2 saturated heterocycles. The van der Waals surface area contributed by atoms with Crippen LogP contribution in [-0.2, 0) is 30.0 Å². The topological polar surface area (TPSA) is 49.8 Å². The molecule has 3 unspecified atom stereocenters. The average Bonchev–Trinajstić information content (AvgIpc) is 3.84. The fraction of sp³-hybridized carbons (Fsp3) is 0.649. The lowest BCUT2D eigenvalue weighted by Gasteiger charge is -2.53. The molecule has 6 rings (SSSR count). The van der Waals surface area contributed by atoms with E-state index in [-0.39, 0.29) is 47.6 Å². The highest BCUT2D eigenvalue weighted by Crippen LogP contribution is 2.50. The summed E-state index contributed by atoms with van der Waals surface area (Å²) in [7, 11) is 0. The molecule has 258 valence electrons. The second-order valence-electron chi connectivity index (χ2n) is 14.5. The Balaban J connectivity index is 1.24. The van der Waals surface area contributed by atoms with Crippen LogP contribution >= 0.6 is 0 Å². The molecule has 0 radical (unpaired) electrons. The predicted molar refractivity (Wildman–Crippen MR) is 166 cm³/mol. The molecule has 3 fully saturated rings. The molecule has 4 nitrogen and oxygen atoms in total. The molecule has 2 bridgehead atoms. The first-order chi connectivity index (χ1) is 22.2. The van der Waals surface area contributed by atoms with E-state index < -0.39 is 41.4 Å². The molecule has 1 aliphatic carbocycles. The molecule has 0 amide bonds. The van der Waals surface area contributed by atoms with Gasteiger partial charge in [0.1, 0.15) is 11.9 Å². The molecule has 3 aliphatic heterocycles. The predicted octanol–water partition coefficient (Wildman–Crippen LogP) is 9.98. The third-order valence-electron chi connectivity index (χ3n) is 11.4. The number of fused-ring (bicyclic) bond motifs is 3. The number of aryl methyl sites for hydroxylation is 2. The summed E-state index contributed by atoms with van der Waals surface area (Å²) in [5.74, 6) is -0.0519. The molecule has 0 aromatic heterocycles. The number of nitrogens with zero attached hydrogens (tertiary/aromatic N) is 1. The lowest BCUT2D eigenvalue weighted by atomic mass is 9.73. The maximum Gasteiger partial charge on any atom is 0.416 e. The first-order valence-electron chi connectivity index (χ1n) is 17.3. The SMILES string of the molecule is CCCc1cc(C(F)(F)F)c([C@@H](C)N2C3CCCC2CC(C2CCc4ccc([C@H](C5CC5)[C@H](C)C(=O)O)cc4O2)C3)cc1C(F)(F)F. The first-order valence-corrected chi connectivity index (χ1v) is 17.3. The molecule has 1 saturated carbocycles. The zero-order chi connectivity index (χ0) is 33.8. The molecule has 0 spiro atoms. The van der Waals surface area contributed by atoms with Crippen LogP contribution in [-0.4, -0.2) is 34.2 Å². The number of benzene rings is 2. The Bertz CT molecular complexity index is 1450. The van der Waals surface area contributed by atoms with Crippen molar-refractivity contribution >= 4 is 5.97 Å². The second-order valence-corrected chi connectivity index (χ2v) is 14.5. The quantitative estimate of drug-likeness (QED) is 0.271. The average molecular weight is 666 g/mol. The number of carboxylic acids is 1. The Morgan fingerprint density at radius 1 is 0.936 bits per heavy atom. The number of hydrogen-bond donors (Lipinski definition) is 1. The number of hydrogen-bond acceptors (Lipinski definition) is 3. The summed E-state index contributed by atoms with van der Waals surface area (Å²) in [5.41, 5.74) is -0.445. The van der Waals surface area contributed by atoms with Crippen LogP contribution in [0.25, 0.3) is 0 Å². The number of alkyl halides is 6. The fourth-order valence-corrected chi connectivity index (χ4v) is 9.07. The van der Waals surface area contributed by atoms with E-state index in [2.05, 4.69) is 11.0 Å². The highest BCUT2D eigenvalue weighted by molar-refractivity contribution is 5.71. The summed E-state index contributed by atoms with van der Waals surface area (Å²) < 4.78 is 92.3. The maximum absolute atomic E-state index is 14.4. The third-order valence-corrected chi connectivity index (χ3v) is 11.4. The van der Waals surface area contributed by atoms with Crippen LogP contribution in [0.5, 0.6) is 5.75 Å². The molecule has 2 aromatic carbocycles. The zero-order valence-electron chi connectivity index (χ0n) is 27.3. The molecule has 10 heteroatoms. The zero-order valence-corrected chi connectivity index (χ0v) is 27.3. The van der Waals surface area contributed by atoms with Gasteiger partial charge in [-0.05, 0) is 123 Å². The van der Waals surface area contributed by atoms with Gasteiger partial charge in [-0.2, -0.15) is 26.3 Å². The Labute approximate surface area is 272 Å². The van der Waals surface area contributed by atoms with Crippen LogP contribution in [0.3, 0.4) is 0 Å². The van der Waals surface area contributed by atoms with Gasteiger partial charge in [0.05, 0.1) is 17.0 Å². The van der Waals surface area contributed by atoms with Gasteiger partial charge in [-0.3, -0.25) is 9.69 Å². The lowest BCUT2D eigenvalue weighted by Crippen LogP contribution is -2.55. The molecule has 47 heavy (non-hydrogen) atoms. The number of carbonyl (C=O) groups is 1. The standard InChI is InChI=1S/C37H45F6NO3/c1-4-6-24-17-31(37(41,42)43)29(19-30(24)36(38,39)40)21(3)44-27-7-5-8-28(44)16-26(15-27)32-14-13-22-9-12-25(18-33(22)47-32)34(23-10-11-23)20(2)35(45)46/h9,12,17-21,23,26-28,32,34H,4-8,10-11,13-16H2,1-3H3,(H,45,46)/t20-,21+,26?,27?,28?,32?,34-/m0/s1. The third kappa shape index (κ3) is 6.90. The molecule has 6 atom stereocenters. The van der Waals surface area contributed by atoms with Crippen molar-refractivity contribution in [2.24, 2.45) is 17.8 Å². The minimum absolute atomic E-state index is 0.0553. The Kier molecular flexibility index (Phi) is 9.39. The van der Waals surface area contributed by atoms with Crippen molar-refractivity contribution in [3.8, 4) is 5.75 Å². The smallest absolute Gasteiger partial charge is 0.416 e. The van der Waals surface area contributed by atoms with E-state index in [0.717, 1.165) is 74.0 Å². The molecule has 3 heterocycles. The molecule has 4 aliphatic rings. The van der Waals surface area contributed by atoms with Crippen LogP contribution in [0, 0.1) is 17.8 Å². The summed E-state index contributed by atoms with van der Waals surface area (Å²) in [4.78, 5) is 14.0. The highest BCUT2D eigenvalue weighted by Gasteiger charge is 2.47. The van der Waals surface area contributed by atoms with E-state index in [1.54, 1.807) is 20.8 Å². The van der Waals surface area contributed by atoms with Gasteiger partial charge in [-0.25, -0.2) is 0 Å². The van der Waals surface area contributed by atoms with Crippen molar-refractivity contribution in [3.63, 3.8) is 0 Å². The van der Waals surface area contributed by atoms with Crippen molar-refractivity contribution in [3.05, 3.63) is 63.7 Å². The van der Waals surface area contributed by atoms with Gasteiger partial charge in [0.2, 0.25) is 0 Å². The Morgan fingerprint density at radius 3 is 2.17 bits per heavy atom. The molecular weight excluding hydrogens is 620 g/mol. The summed E-state index contributed by atoms with van der Waals surface area (Å²) in [6.07, 6.45) is -1.76. The van der Waals surface area contributed by atoms with Gasteiger partial charge in [-0.1, -0.05) is 38.8 Å². The van der Waals surface area contributed by atoms with Crippen molar-refractivity contribution in [2.75, 3.05) is 0 Å². The van der Waals surface area contributed by atoms with Crippen LogP contribution in [0.15, 0.2) is 30.3 Å². The number of carboxylic acid groups (broad SMARTS) is 1. The van der Waals surface area contributed by atoms with Gasteiger partial charge in [0, 0.05) is 18.1 Å². The summed E-state index contributed by atoms with van der Waals surface area (Å²) >= 11 is 0. The summed E-state index contributed by atoms with van der Waals surface area (Å²) in [5, 5.41) is 9.75. The minimum atomic E-state index is -4.77. The van der Waals surface area contributed by atoms with Crippen LogP contribution < -0.4 is 4.74 Å². The largest absolute Gasteiger partial charge is 0.490 e. The molecule has 1 N–H and O–H groups in total. The minimum Gasteiger partial charge on any atom is -0.490 e. The van der Waals surface area contributed by atoms with Crippen molar-refractivity contribution < 1.29 is 41.0 Å². The molecular formula is C37H45F6NO3. The van der Waals surface area contributed by atoms with E-state index in [9.17, 15) is 36.2 Å². The van der Waals surface area contributed by atoms with Crippen molar-refractivity contribution in [1.29, 1.82) is 0 Å². The van der Waals surface area contributed by atoms with Crippen molar-refractivity contribution in [2.45, 2.75) is 134 Å². The monoisotopic (exact) mass is 665 g/mol. The van der Waals surface area contributed by atoms with Gasteiger partial charge < -0.3 is 9.84 Å². The van der Waals surface area contributed by atoms with Crippen LogP contribution in [0.4, 0.5) is 26.3 Å². The summed E-state index contributed by atoms with van der Waals surface area (Å²) in [6, 6.07) is 6.71. The van der Waals surface area contributed by atoms with Gasteiger partial charge in [0.15, 0.2) is 0 Å². The highest BCUT2D eigenvalue weighted by atomic mass is 19.4. The second kappa shape index (κ2) is 12.9. The van der Waals surface area contributed by atoms with Crippen LogP contribution in [0.2, 0.25) is 0 Å². The number of piperidine rings is 2. The Hall–Kier alpha value is -2.75. The van der Waals surface area contributed by atoms with Crippen LogP contribution in [0.1, 0.15) is 124 Å². The number of rotatable bonds is 9. The van der Waals surface area contributed by atoms with Gasteiger partial charge in [0.25, 0.3) is 0 Å². The van der Waals surface area contributed by atoms with Gasteiger partial charge in [-0.15, -0.1) is 0 Å². The number of aliphatic carboxylic acids is 1. The van der Waals surface area contributed by atoms with E-state index >= 15 is 0 Å². The van der Waals surface area contributed by atoms with E-state index in [1.807, 2.05) is 12.1 Å². The molecule has 2 aromatic rings.